The van der Waals surface area contributed by atoms with E-state index >= 15 is 0 Å². The van der Waals surface area contributed by atoms with Gasteiger partial charge in [0.05, 0.1) is 16.8 Å². The van der Waals surface area contributed by atoms with Gasteiger partial charge in [0, 0.05) is 5.56 Å². The number of thiocarbonyl (C=S) groups is 1. The minimum atomic E-state index is -0.495. The molecular formula is C20H19N3O3S. The number of imide groups is 1. The van der Waals surface area contributed by atoms with Gasteiger partial charge < -0.3 is 5.32 Å². The predicted molar refractivity (Wildman–Crippen MR) is 107 cm³/mol. The van der Waals surface area contributed by atoms with Gasteiger partial charge in [0.15, 0.2) is 5.11 Å². The highest BCUT2D eigenvalue weighted by Crippen LogP contribution is 2.24. The van der Waals surface area contributed by atoms with Crippen LogP contribution in [0.15, 0.2) is 42.5 Å². The molecule has 0 spiro atoms. The lowest BCUT2D eigenvalue weighted by Crippen LogP contribution is -2.34. The smallest absolute Gasteiger partial charge is 0.261 e. The Hall–Kier alpha value is -3.06. The highest BCUT2D eigenvalue weighted by Gasteiger charge is 2.29. The van der Waals surface area contributed by atoms with Crippen molar-refractivity contribution in [1.29, 1.82) is 0 Å². The first-order valence-corrected chi connectivity index (χ1v) is 8.79. The zero-order chi connectivity index (χ0) is 19.8. The van der Waals surface area contributed by atoms with Gasteiger partial charge in [-0.2, -0.15) is 0 Å². The Labute approximate surface area is 162 Å². The number of hydrogen-bond acceptors (Lipinski definition) is 4. The molecule has 27 heavy (non-hydrogen) atoms. The molecule has 3 amide bonds. The van der Waals surface area contributed by atoms with Crippen LogP contribution < -0.4 is 16.0 Å². The number of benzene rings is 2. The van der Waals surface area contributed by atoms with Crippen LogP contribution in [0.4, 0.5) is 5.69 Å². The first-order chi connectivity index (χ1) is 12.7. The molecule has 0 aliphatic carbocycles. The van der Waals surface area contributed by atoms with E-state index in [4.69, 9.17) is 12.2 Å². The van der Waals surface area contributed by atoms with Gasteiger partial charge in [0.1, 0.15) is 0 Å². The fourth-order valence-electron chi connectivity index (χ4n) is 2.77. The fraction of sp³-hybridized carbons (Fsp3) is 0.200. The summed E-state index contributed by atoms with van der Waals surface area (Å²) in [5, 5.41) is 7.67. The van der Waals surface area contributed by atoms with Gasteiger partial charge in [0.2, 0.25) is 0 Å². The number of carbonyl (C=O) groups excluding carboxylic acids is 3. The molecule has 2 aromatic rings. The molecule has 1 aliphatic heterocycles. The van der Waals surface area contributed by atoms with Crippen LogP contribution in [0.3, 0.4) is 0 Å². The molecule has 1 heterocycles. The first-order valence-electron chi connectivity index (χ1n) is 8.38. The minimum Gasteiger partial charge on any atom is -0.332 e. The number of hydrogen-bond donors (Lipinski definition) is 3. The molecule has 1 aliphatic rings. The predicted octanol–water partition coefficient (Wildman–Crippen LogP) is 2.99. The van der Waals surface area contributed by atoms with Crippen LogP contribution in [0.25, 0.3) is 0 Å². The van der Waals surface area contributed by atoms with Crippen LogP contribution >= 0.6 is 12.2 Å². The van der Waals surface area contributed by atoms with Crippen molar-refractivity contribution in [3.63, 3.8) is 0 Å². The third-order valence-electron chi connectivity index (χ3n) is 4.25. The quantitative estimate of drug-likeness (QED) is 0.550. The SMILES string of the molecule is CC(C)(C)c1ccc(C(=O)NC(=S)Nc2cccc3c2C(=O)NC3=O)cc1. The number of anilines is 1. The van der Waals surface area contributed by atoms with Crippen molar-refractivity contribution < 1.29 is 14.4 Å². The van der Waals surface area contributed by atoms with Crippen molar-refractivity contribution in [2.75, 3.05) is 5.32 Å². The normalized spacial score (nSPS) is 13.0. The lowest BCUT2D eigenvalue weighted by atomic mass is 9.87. The maximum Gasteiger partial charge on any atom is 0.261 e. The van der Waals surface area contributed by atoms with Gasteiger partial charge in [-0.1, -0.05) is 39.0 Å². The van der Waals surface area contributed by atoms with Gasteiger partial charge in [-0.15, -0.1) is 0 Å². The minimum absolute atomic E-state index is 0.00242. The van der Waals surface area contributed by atoms with E-state index in [-0.39, 0.29) is 27.6 Å². The van der Waals surface area contributed by atoms with E-state index < -0.39 is 11.8 Å². The average Bonchev–Trinajstić information content (AvgIpc) is 2.89. The molecule has 138 valence electrons. The third kappa shape index (κ3) is 3.88. The van der Waals surface area contributed by atoms with Crippen molar-refractivity contribution in [1.82, 2.24) is 10.6 Å². The molecule has 3 rings (SSSR count). The third-order valence-corrected chi connectivity index (χ3v) is 4.46. The molecule has 0 saturated heterocycles. The maximum atomic E-state index is 12.4. The summed E-state index contributed by atoms with van der Waals surface area (Å²) >= 11 is 5.18. The summed E-state index contributed by atoms with van der Waals surface area (Å²) in [5.74, 6) is -1.31. The summed E-state index contributed by atoms with van der Waals surface area (Å²) in [6.45, 7) is 6.29. The van der Waals surface area contributed by atoms with Gasteiger partial charge in [-0.3, -0.25) is 25.0 Å². The van der Waals surface area contributed by atoms with E-state index in [1.165, 1.54) is 0 Å². The lowest BCUT2D eigenvalue weighted by Gasteiger charge is -2.19. The van der Waals surface area contributed by atoms with Crippen molar-refractivity contribution in [3.05, 3.63) is 64.7 Å². The Kier molecular flexibility index (Phi) is 4.80. The molecule has 7 heteroatoms. The van der Waals surface area contributed by atoms with Crippen LogP contribution in [0.1, 0.15) is 57.4 Å². The van der Waals surface area contributed by atoms with Crippen molar-refractivity contribution >= 4 is 40.7 Å². The van der Waals surface area contributed by atoms with Crippen LogP contribution in [-0.2, 0) is 5.41 Å². The number of amides is 3. The summed E-state index contributed by atoms with van der Waals surface area (Å²) in [4.78, 5) is 36.0. The Bertz CT molecular complexity index is 959. The second-order valence-electron chi connectivity index (χ2n) is 7.25. The summed E-state index contributed by atoms with van der Waals surface area (Å²) in [5.41, 5.74) is 2.45. The van der Waals surface area contributed by atoms with Gasteiger partial charge >= 0.3 is 0 Å². The molecule has 0 bridgehead atoms. The van der Waals surface area contributed by atoms with Crippen LogP contribution in [0.2, 0.25) is 0 Å². The van der Waals surface area contributed by atoms with Crippen LogP contribution in [0.5, 0.6) is 0 Å². The summed E-state index contributed by atoms with van der Waals surface area (Å²) in [6, 6.07) is 12.1. The summed E-state index contributed by atoms with van der Waals surface area (Å²) in [6.07, 6.45) is 0. The number of fused-ring (bicyclic) bond motifs is 1. The Morgan fingerprint density at radius 3 is 2.30 bits per heavy atom. The zero-order valence-electron chi connectivity index (χ0n) is 15.2. The number of nitrogens with one attached hydrogen (secondary N) is 3. The number of carbonyl (C=O) groups is 3. The van der Waals surface area contributed by atoms with Gasteiger partial charge in [-0.25, -0.2) is 0 Å². The summed E-state index contributed by atoms with van der Waals surface area (Å²) in [7, 11) is 0. The molecule has 0 unspecified atom stereocenters. The Morgan fingerprint density at radius 2 is 1.67 bits per heavy atom. The summed E-state index contributed by atoms with van der Waals surface area (Å²) < 4.78 is 0. The topological polar surface area (TPSA) is 87.3 Å². The van der Waals surface area contributed by atoms with E-state index in [9.17, 15) is 14.4 Å². The Morgan fingerprint density at radius 1 is 1.00 bits per heavy atom. The highest BCUT2D eigenvalue weighted by molar-refractivity contribution is 7.80. The fourth-order valence-corrected chi connectivity index (χ4v) is 2.98. The molecule has 0 atom stereocenters. The molecule has 0 saturated carbocycles. The lowest BCUT2D eigenvalue weighted by molar-refractivity contribution is 0.0878. The van der Waals surface area contributed by atoms with E-state index in [0.29, 0.717) is 11.3 Å². The molecule has 0 aromatic heterocycles. The largest absolute Gasteiger partial charge is 0.332 e. The monoisotopic (exact) mass is 381 g/mol. The average molecular weight is 381 g/mol. The van der Waals surface area contributed by atoms with Crippen molar-refractivity contribution in [2.45, 2.75) is 26.2 Å². The molecular weight excluding hydrogens is 362 g/mol. The molecule has 0 fully saturated rings. The first kappa shape index (κ1) is 18.7. The zero-order valence-corrected chi connectivity index (χ0v) is 16.0. The van der Waals surface area contributed by atoms with Crippen molar-refractivity contribution in [2.24, 2.45) is 0 Å². The van der Waals surface area contributed by atoms with E-state index in [1.54, 1.807) is 30.3 Å². The standard InChI is InChI=1S/C20H19N3O3S/c1-20(2,3)12-9-7-11(8-10-12)16(24)23-19(27)21-14-6-4-5-13-15(14)18(26)22-17(13)25/h4-10H,1-3H3,(H,22,25,26)(H2,21,23,24,27). The second-order valence-corrected chi connectivity index (χ2v) is 7.66. The number of rotatable bonds is 2. The van der Waals surface area contributed by atoms with Gasteiger partial charge in [-0.05, 0) is 47.5 Å². The molecule has 3 N–H and O–H groups in total. The molecule has 6 nitrogen and oxygen atoms in total. The maximum absolute atomic E-state index is 12.4. The van der Waals surface area contributed by atoms with Gasteiger partial charge in [0.25, 0.3) is 17.7 Å². The van der Waals surface area contributed by atoms with E-state index in [0.717, 1.165) is 5.56 Å². The van der Waals surface area contributed by atoms with Crippen LogP contribution in [-0.4, -0.2) is 22.8 Å². The Balaban J connectivity index is 1.71. The van der Waals surface area contributed by atoms with Crippen molar-refractivity contribution in [3.8, 4) is 0 Å². The van der Waals surface area contributed by atoms with E-state index in [2.05, 4.69) is 36.7 Å². The molecule has 0 radical (unpaired) electrons. The van der Waals surface area contributed by atoms with E-state index in [1.807, 2.05) is 12.1 Å². The highest BCUT2D eigenvalue weighted by atomic mass is 32.1. The van der Waals surface area contributed by atoms with Crippen LogP contribution in [0, 0.1) is 0 Å². The molecule has 2 aromatic carbocycles. The second kappa shape index (κ2) is 6.92.